The van der Waals surface area contributed by atoms with Gasteiger partial charge in [-0.25, -0.2) is 4.18 Å². The Morgan fingerprint density at radius 2 is 1.69 bits per heavy atom. The predicted octanol–water partition coefficient (Wildman–Crippen LogP) is 0.707. The SMILES string of the molecule is C=CCN1C=CN(CC=C)C1OS(C)(=O)=O. The summed E-state index contributed by atoms with van der Waals surface area (Å²) in [6, 6.07) is 0. The molecule has 0 aromatic heterocycles. The normalized spacial score (nSPS) is 16.8. The van der Waals surface area contributed by atoms with Gasteiger partial charge in [-0.2, -0.15) is 8.42 Å². The van der Waals surface area contributed by atoms with E-state index in [-0.39, 0.29) is 0 Å². The van der Waals surface area contributed by atoms with Crippen molar-refractivity contribution in [1.82, 2.24) is 9.80 Å². The van der Waals surface area contributed by atoms with Crippen LogP contribution in [0.1, 0.15) is 0 Å². The molecule has 0 saturated carbocycles. The van der Waals surface area contributed by atoms with Crippen LogP contribution in [0.2, 0.25) is 0 Å². The van der Waals surface area contributed by atoms with Gasteiger partial charge in [-0.05, 0) is 0 Å². The highest BCUT2D eigenvalue weighted by molar-refractivity contribution is 7.86. The molecule has 1 heterocycles. The molecule has 0 aliphatic carbocycles. The van der Waals surface area contributed by atoms with Crippen LogP contribution in [0, 0.1) is 0 Å². The minimum Gasteiger partial charge on any atom is -0.329 e. The van der Waals surface area contributed by atoms with Crippen LogP contribution in [0.15, 0.2) is 37.7 Å². The fourth-order valence-electron chi connectivity index (χ4n) is 1.38. The molecule has 6 heteroatoms. The van der Waals surface area contributed by atoms with Crippen LogP contribution in [-0.2, 0) is 14.3 Å². The van der Waals surface area contributed by atoms with E-state index in [0.29, 0.717) is 13.1 Å². The lowest BCUT2D eigenvalue weighted by atomic mass is 10.5. The van der Waals surface area contributed by atoms with Crippen LogP contribution in [0.4, 0.5) is 0 Å². The third-order valence-corrected chi connectivity index (χ3v) is 2.48. The Hall–Kier alpha value is -1.27. The Balaban J connectivity index is 2.78. The Morgan fingerprint density at radius 1 is 1.25 bits per heavy atom. The summed E-state index contributed by atoms with van der Waals surface area (Å²) < 4.78 is 27.3. The Morgan fingerprint density at radius 3 is 2.00 bits per heavy atom. The average Bonchev–Trinajstić information content (AvgIpc) is 2.49. The highest BCUT2D eigenvalue weighted by Gasteiger charge is 2.28. The molecule has 16 heavy (non-hydrogen) atoms. The van der Waals surface area contributed by atoms with E-state index in [1.165, 1.54) is 0 Å². The fraction of sp³-hybridized carbons (Fsp3) is 0.400. The zero-order valence-electron chi connectivity index (χ0n) is 9.24. The van der Waals surface area contributed by atoms with Crippen molar-refractivity contribution in [2.75, 3.05) is 19.3 Å². The van der Waals surface area contributed by atoms with E-state index in [9.17, 15) is 8.42 Å². The lowest BCUT2D eigenvalue weighted by Gasteiger charge is -2.29. The second-order valence-corrected chi connectivity index (χ2v) is 5.00. The molecule has 0 bridgehead atoms. The molecule has 0 fully saturated rings. The zero-order chi connectivity index (χ0) is 12.2. The molecule has 0 atom stereocenters. The van der Waals surface area contributed by atoms with Crippen molar-refractivity contribution in [3.63, 3.8) is 0 Å². The lowest BCUT2D eigenvalue weighted by Crippen LogP contribution is -2.42. The van der Waals surface area contributed by atoms with Gasteiger partial charge in [0, 0.05) is 25.5 Å². The molecule has 5 nitrogen and oxygen atoms in total. The van der Waals surface area contributed by atoms with E-state index < -0.39 is 16.5 Å². The first-order valence-corrected chi connectivity index (χ1v) is 6.59. The predicted molar refractivity (Wildman–Crippen MR) is 62.7 cm³/mol. The highest BCUT2D eigenvalue weighted by Crippen LogP contribution is 2.18. The Bertz CT molecular complexity index is 369. The van der Waals surface area contributed by atoms with Crippen molar-refractivity contribution in [3.8, 4) is 0 Å². The van der Waals surface area contributed by atoms with Gasteiger partial charge in [0.1, 0.15) is 0 Å². The molecule has 0 unspecified atom stereocenters. The van der Waals surface area contributed by atoms with Crippen molar-refractivity contribution in [1.29, 1.82) is 0 Å². The maximum absolute atomic E-state index is 11.1. The van der Waals surface area contributed by atoms with E-state index in [0.717, 1.165) is 6.26 Å². The third kappa shape index (κ3) is 3.39. The van der Waals surface area contributed by atoms with Crippen LogP contribution in [0.25, 0.3) is 0 Å². The second-order valence-electron chi connectivity index (χ2n) is 3.40. The standard InChI is InChI=1S/C10H16N2O3S/c1-4-6-11-8-9-12(7-5-2)10(11)15-16(3,13)14/h4-5,8-10H,1-2,6-7H2,3H3. The van der Waals surface area contributed by atoms with Crippen molar-refractivity contribution in [3.05, 3.63) is 37.7 Å². The molecule has 0 saturated heterocycles. The van der Waals surface area contributed by atoms with Gasteiger partial charge < -0.3 is 9.80 Å². The monoisotopic (exact) mass is 244 g/mol. The maximum Gasteiger partial charge on any atom is 0.267 e. The fourth-order valence-corrected chi connectivity index (χ4v) is 1.91. The summed E-state index contributed by atoms with van der Waals surface area (Å²) in [5, 5.41) is 0. The first-order chi connectivity index (χ1) is 7.48. The molecule has 0 aromatic carbocycles. The quantitative estimate of drug-likeness (QED) is 0.508. The average molecular weight is 244 g/mol. The first-order valence-electron chi connectivity index (χ1n) is 4.78. The zero-order valence-corrected chi connectivity index (χ0v) is 10.1. The van der Waals surface area contributed by atoms with Crippen LogP contribution in [0.3, 0.4) is 0 Å². The summed E-state index contributed by atoms with van der Waals surface area (Å²) in [7, 11) is -3.50. The number of rotatable bonds is 6. The summed E-state index contributed by atoms with van der Waals surface area (Å²) in [6.45, 7) is 8.25. The minimum absolute atomic E-state index is 0.518. The van der Waals surface area contributed by atoms with E-state index in [4.69, 9.17) is 4.18 Å². The Labute approximate surface area is 96.4 Å². The lowest BCUT2D eigenvalue weighted by molar-refractivity contribution is -0.00912. The third-order valence-electron chi connectivity index (χ3n) is 1.96. The van der Waals surface area contributed by atoms with Gasteiger partial charge >= 0.3 is 0 Å². The number of nitrogens with zero attached hydrogens (tertiary/aromatic N) is 2. The number of hydrogen-bond donors (Lipinski definition) is 0. The molecule has 0 radical (unpaired) electrons. The molecule has 1 rings (SSSR count). The summed E-state index contributed by atoms with van der Waals surface area (Å²) >= 11 is 0. The number of hydrogen-bond acceptors (Lipinski definition) is 5. The topological polar surface area (TPSA) is 49.9 Å². The van der Waals surface area contributed by atoms with E-state index in [1.807, 2.05) is 0 Å². The van der Waals surface area contributed by atoms with Crippen LogP contribution in [0.5, 0.6) is 0 Å². The highest BCUT2D eigenvalue weighted by atomic mass is 32.2. The summed E-state index contributed by atoms with van der Waals surface area (Å²) in [4.78, 5) is 3.47. The van der Waals surface area contributed by atoms with Gasteiger partial charge in [-0.15, -0.1) is 13.2 Å². The molecule has 1 aliphatic rings. The van der Waals surface area contributed by atoms with Crippen molar-refractivity contribution in [2.45, 2.75) is 6.35 Å². The molecule has 1 aliphatic heterocycles. The molecule has 0 aromatic rings. The first kappa shape index (κ1) is 12.8. The van der Waals surface area contributed by atoms with Gasteiger partial charge in [-0.1, -0.05) is 12.2 Å². The van der Waals surface area contributed by atoms with Crippen molar-refractivity contribution >= 4 is 10.1 Å². The van der Waals surface area contributed by atoms with Crippen molar-refractivity contribution in [2.24, 2.45) is 0 Å². The van der Waals surface area contributed by atoms with Gasteiger partial charge in [0.25, 0.3) is 10.1 Å². The summed E-state index contributed by atoms with van der Waals surface area (Å²) in [5.41, 5.74) is 0. The molecule has 0 N–H and O–H groups in total. The molecule has 0 spiro atoms. The molecular formula is C10H16N2O3S. The van der Waals surface area contributed by atoms with Gasteiger partial charge in [0.2, 0.25) is 6.35 Å². The summed E-state index contributed by atoms with van der Waals surface area (Å²) in [6.07, 6.45) is 7.28. The maximum atomic E-state index is 11.1. The molecular weight excluding hydrogens is 228 g/mol. The Kier molecular flexibility index (Phi) is 4.14. The molecule has 90 valence electrons. The van der Waals surface area contributed by atoms with E-state index >= 15 is 0 Å². The van der Waals surface area contributed by atoms with Gasteiger partial charge in [0.15, 0.2) is 0 Å². The van der Waals surface area contributed by atoms with E-state index in [2.05, 4.69) is 13.2 Å². The van der Waals surface area contributed by atoms with Gasteiger partial charge in [0.05, 0.1) is 6.26 Å². The van der Waals surface area contributed by atoms with Gasteiger partial charge in [-0.3, -0.25) is 0 Å². The summed E-state index contributed by atoms with van der Waals surface area (Å²) in [5.74, 6) is 0. The largest absolute Gasteiger partial charge is 0.329 e. The van der Waals surface area contributed by atoms with Crippen molar-refractivity contribution < 1.29 is 12.6 Å². The van der Waals surface area contributed by atoms with Crippen LogP contribution < -0.4 is 0 Å². The second kappa shape index (κ2) is 5.18. The minimum atomic E-state index is -3.50. The smallest absolute Gasteiger partial charge is 0.267 e. The molecule has 0 amide bonds. The van der Waals surface area contributed by atoms with E-state index in [1.54, 1.807) is 34.4 Å². The van der Waals surface area contributed by atoms with Crippen LogP contribution in [-0.4, -0.2) is 43.9 Å². The van der Waals surface area contributed by atoms with Crippen LogP contribution >= 0.6 is 0 Å².